The van der Waals surface area contributed by atoms with Crippen molar-refractivity contribution in [3.05, 3.63) is 126 Å². The Labute approximate surface area is 241 Å². The molecule has 4 heteroatoms. The molecule has 0 bridgehead atoms. The van der Waals surface area contributed by atoms with Gasteiger partial charge in [-0.05, 0) is 46.5 Å². The van der Waals surface area contributed by atoms with Crippen molar-refractivity contribution in [1.82, 2.24) is 14.5 Å². The Balaban J connectivity index is 1.43. The summed E-state index contributed by atoms with van der Waals surface area (Å²) in [4.78, 5) is 10.7. The van der Waals surface area contributed by atoms with Crippen LogP contribution in [0.25, 0.3) is 70.4 Å². The Bertz CT molecular complexity index is 2340. The van der Waals surface area contributed by atoms with Crippen LogP contribution in [-0.4, -0.2) is 14.5 Å². The van der Waals surface area contributed by atoms with Crippen LogP contribution in [0.15, 0.2) is 115 Å². The summed E-state index contributed by atoms with van der Waals surface area (Å²) in [7, 11) is 0. The van der Waals surface area contributed by atoms with E-state index >= 15 is 0 Å². The van der Waals surface area contributed by atoms with Gasteiger partial charge >= 0.3 is 0 Å². The molecule has 3 aromatic heterocycles. The quantitative estimate of drug-likeness (QED) is 0.217. The Morgan fingerprint density at radius 3 is 2.22 bits per heavy atom. The van der Waals surface area contributed by atoms with Gasteiger partial charge in [-0.3, -0.25) is 4.57 Å². The van der Waals surface area contributed by atoms with Crippen molar-refractivity contribution < 1.29 is 0 Å². The normalized spacial score (nSPS) is 13.8. The number of rotatable bonds is 2. The maximum Gasteiger partial charge on any atom is 0.235 e. The van der Waals surface area contributed by atoms with Crippen LogP contribution in [0.3, 0.4) is 0 Å². The van der Waals surface area contributed by atoms with Crippen molar-refractivity contribution in [1.29, 1.82) is 0 Å². The fourth-order valence-corrected chi connectivity index (χ4v) is 8.00. The Morgan fingerprint density at radius 2 is 1.34 bits per heavy atom. The third-order valence-electron chi connectivity index (χ3n) is 8.83. The van der Waals surface area contributed by atoms with Gasteiger partial charge in [-0.1, -0.05) is 105 Å². The van der Waals surface area contributed by atoms with Crippen molar-refractivity contribution in [2.45, 2.75) is 19.3 Å². The van der Waals surface area contributed by atoms with Gasteiger partial charge in [0, 0.05) is 31.8 Å². The molecule has 0 amide bonds. The summed E-state index contributed by atoms with van der Waals surface area (Å²) in [5, 5.41) is 3.63. The minimum Gasteiger partial charge on any atom is -0.278 e. The van der Waals surface area contributed by atoms with Crippen LogP contribution in [0.2, 0.25) is 0 Å². The van der Waals surface area contributed by atoms with E-state index in [2.05, 4.69) is 134 Å². The molecule has 3 heterocycles. The number of aromatic nitrogens is 3. The lowest BCUT2D eigenvalue weighted by atomic mass is 9.82. The summed E-state index contributed by atoms with van der Waals surface area (Å²) in [5.74, 6) is 0.705. The van der Waals surface area contributed by atoms with E-state index in [1.165, 1.54) is 43.1 Å². The average Bonchev–Trinajstić information content (AvgIpc) is 3.62. The summed E-state index contributed by atoms with van der Waals surface area (Å²) in [6.45, 7) is 4.68. The van der Waals surface area contributed by atoms with E-state index in [1.54, 1.807) is 11.3 Å². The Hall–Kier alpha value is -4.80. The smallest absolute Gasteiger partial charge is 0.235 e. The third kappa shape index (κ3) is 3.08. The minimum absolute atomic E-state index is 0.0607. The van der Waals surface area contributed by atoms with Crippen LogP contribution in [-0.2, 0) is 5.41 Å². The van der Waals surface area contributed by atoms with E-state index < -0.39 is 0 Å². The van der Waals surface area contributed by atoms with Crippen LogP contribution < -0.4 is 0 Å². The molecule has 0 N–H and O–H groups in total. The number of hydrogen-bond acceptors (Lipinski definition) is 3. The maximum atomic E-state index is 5.34. The first-order chi connectivity index (χ1) is 20.1. The van der Waals surface area contributed by atoms with Gasteiger partial charge < -0.3 is 0 Å². The van der Waals surface area contributed by atoms with Crippen molar-refractivity contribution >= 4 is 53.4 Å². The second-order valence-electron chi connectivity index (χ2n) is 11.5. The van der Waals surface area contributed by atoms with E-state index in [9.17, 15) is 0 Å². The second-order valence-corrected chi connectivity index (χ2v) is 12.5. The molecule has 1 aliphatic rings. The molecule has 194 valence electrons. The predicted octanol–water partition coefficient (Wildman–Crippen LogP) is 9.91. The van der Waals surface area contributed by atoms with Crippen molar-refractivity contribution in [2.24, 2.45) is 0 Å². The number of thiophene rings is 1. The highest BCUT2D eigenvalue weighted by Gasteiger charge is 2.36. The van der Waals surface area contributed by atoms with E-state index in [0.717, 1.165) is 32.5 Å². The first-order valence-corrected chi connectivity index (χ1v) is 14.8. The first-order valence-electron chi connectivity index (χ1n) is 14.0. The molecule has 3 nitrogen and oxygen atoms in total. The standard InChI is InChI=1S/C37H25N3S/c1-37(2)28-17-9-6-14-23(28)26-21-31-27(20-29(26)37)24-15-7-10-18-30(24)40(31)36-38-33(22-12-4-3-5-13-22)35-34(39-36)25-16-8-11-19-32(25)41-35/h3-21H,1-2H3. The fraction of sp³-hybridized carbons (Fsp3) is 0.0811. The summed E-state index contributed by atoms with van der Waals surface area (Å²) in [5.41, 5.74) is 10.7. The first kappa shape index (κ1) is 23.0. The molecule has 1 aliphatic carbocycles. The van der Waals surface area contributed by atoms with Crippen LogP contribution in [0.1, 0.15) is 25.0 Å². The average molecular weight is 544 g/mol. The SMILES string of the molecule is CC1(C)c2ccccc2-c2cc3c(cc21)c1ccccc1n3-c1nc(-c2ccccc2)c2sc3ccccc3c2n1. The van der Waals surface area contributed by atoms with Crippen molar-refractivity contribution in [3.63, 3.8) is 0 Å². The van der Waals surface area contributed by atoms with Crippen LogP contribution in [0.5, 0.6) is 0 Å². The van der Waals surface area contributed by atoms with Gasteiger partial charge in [0.05, 0.1) is 26.9 Å². The van der Waals surface area contributed by atoms with Gasteiger partial charge in [-0.2, -0.15) is 0 Å². The molecule has 0 radical (unpaired) electrons. The van der Waals surface area contributed by atoms with Crippen LogP contribution >= 0.6 is 11.3 Å². The fourth-order valence-electron chi connectivity index (χ4n) is 6.85. The minimum atomic E-state index is -0.0607. The van der Waals surface area contributed by atoms with Gasteiger partial charge in [0.15, 0.2) is 0 Å². The number of hydrogen-bond donors (Lipinski definition) is 0. The predicted molar refractivity (Wildman–Crippen MR) is 172 cm³/mol. The third-order valence-corrected chi connectivity index (χ3v) is 10.00. The summed E-state index contributed by atoms with van der Waals surface area (Å²) in [6, 6.07) is 41.4. The molecule has 0 spiro atoms. The summed E-state index contributed by atoms with van der Waals surface area (Å²) >= 11 is 1.77. The molecular formula is C37H25N3S. The zero-order chi connectivity index (χ0) is 27.3. The lowest BCUT2D eigenvalue weighted by Crippen LogP contribution is -2.14. The van der Waals surface area contributed by atoms with Gasteiger partial charge in [0.2, 0.25) is 5.95 Å². The largest absolute Gasteiger partial charge is 0.278 e. The number of nitrogens with zero attached hydrogens (tertiary/aromatic N) is 3. The van der Waals surface area contributed by atoms with E-state index in [0.29, 0.717) is 5.95 Å². The molecule has 0 saturated carbocycles. The molecule has 5 aromatic carbocycles. The molecule has 41 heavy (non-hydrogen) atoms. The zero-order valence-corrected chi connectivity index (χ0v) is 23.5. The monoisotopic (exact) mass is 543 g/mol. The van der Waals surface area contributed by atoms with Crippen LogP contribution in [0.4, 0.5) is 0 Å². The van der Waals surface area contributed by atoms with Gasteiger partial charge in [0.25, 0.3) is 0 Å². The highest BCUT2D eigenvalue weighted by atomic mass is 32.1. The summed E-state index contributed by atoms with van der Waals surface area (Å²) < 4.78 is 4.63. The maximum absolute atomic E-state index is 5.34. The Morgan fingerprint density at radius 1 is 0.610 bits per heavy atom. The number of para-hydroxylation sites is 1. The highest BCUT2D eigenvalue weighted by Crippen LogP contribution is 2.51. The molecule has 0 atom stereocenters. The van der Waals surface area contributed by atoms with Gasteiger partial charge in [0.1, 0.15) is 0 Å². The molecule has 9 rings (SSSR count). The van der Waals surface area contributed by atoms with E-state index in [4.69, 9.17) is 9.97 Å². The molecule has 8 aromatic rings. The molecular weight excluding hydrogens is 518 g/mol. The Kier molecular flexibility index (Phi) is 4.55. The second kappa shape index (κ2) is 8.12. The van der Waals surface area contributed by atoms with Gasteiger partial charge in [-0.15, -0.1) is 11.3 Å². The lowest BCUT2D eigenvalue weighted by Gasteiger charge is -2.21. The number of fused-ring (bicyclic) bond motifs is 9. The molecule has 0 fully saturated rings. The van der Waals surface area contributed by atoms with Crippen LogP contribution in [0, 0.1) is 0 Å². The number of benzene rings is 5. The van der Waals surface area contributed by atoms with E-state index in [-0.39, 0.29) is 5.41 Å². The molecule has 0 unspecified atom stereocenters. The van der Waals surface area contributed by atoms with Crippen molar-refractivity contribution in [2.75, 3.05) is 0 Å². The lowest BCUT2D eigenvalue weighted by molar-refractivity contribution is 0.661. The molecule has 0 saturated heterocycles. The summed E-state index contributed by atoms with van der Waals surface area (Å²) in [6.07, 6.45) is 0. The van der Waals surface area contributed by atoms with Gasteiger partial charge in [-0.25, -0.2) is 9.97 Å². The molecule has 0 aliphatic heterocycles. The van der Waals surface area contributed by atoms with Crippen molar-refractivity contribution in [3.8, 4) is 28.3 Å². The zero-order valence-electron chi connectivity index (χ0n) is 22.7. The topological polar surface area (TPSA) is 30.7 Å². The van der Waals surface area contributed by atoms with E-state index in [1.807, 2.05) is 0 Å². The highest BCUT2D eigenvalue weighted by molar-refractivity contribution is 7.26.